The number of hydrogen-bond acceptors (Lipinski definition) is 3. The lowest BCUT2D eigenvalue weighted by atomic mass is 9.94. The fourth-order valence-corrected chi connectivity index (χ4v) is 2.28. The lowest BCUT2D eigenvalue weighted by Crippen LogP contribution is -2.47. The molecule has 1 aliphatic rings. The first-order valence-corrected chi connectivity index (χ1v) is 6.35. The van der Waals surface area contributed by atoms with E-state index in [0.29, 0.717) is 6.42 Å². The van der Waals surface area contributed by atoms with Crippen molar-refractivity contribution in [2.24, 2.45) is 11.7 Å². The predicted octanol–water partition coefficient (Wildman–Crippen LogP) is 0.873. The molecule has 0 radical (unpaired) electrons. The van der Waals surface area contributed by atoms with Crippen LogP contribution in [-0.4, -0.2) is 29.1 Å². The van der Waals surface area contributed by atoms with Crippen molar-refractivity contribution < 1.29 is 14.7 Å². The highest BCUT2D eigenvalue weighted by Gasteiger charge is 2.29. The van der Waals surface area contributed by atoms with Crippen LogP contribution >= 0.6 is 0 Å². The maximum absolute atomic E-state index is 12.0. The van der Waals surface area contributed by atoms with Crippen LogP contribution in [0.3, 0.4) is 0 Å². The number of carboxylic acid groups (broad SMARTS) is 1. The number of nitrogens with one attached hydrogen (secondary N) is 1. The van der Waals surface area contributed by atoms with Gasteiger partial charge in [-0.05, 0) is 19.3 Å². The van der Waals surface area contributed by atoms with Gasteiger partial charge in [-0.25, -0.2) is 4.79 Å². The molecule has 1 aliphatic carbocycles. The summed E-state index contributed by atoms with van der Waals surface area (Å²) in [5.74, 6) is -1.41. The summed E-state index contributed by atoms with van der Waals surface area (Å²) in [5, 5.41) is 11.5. The van der Waals surface area contributed by atoms with E-state index in [1.807, 2.05) is 0 Å². The van der Waals surface area contributed by atoms with Crippen LogP contribution in [0.2, 0.25) is 0 Å². The predicted molar refractivity (Wildman–Crippen MR) is 64.4 cm³/mol. The van der Waals surface area contributed by atoms with Crippen LogP contribution in [0.25, 0.3) is 0 Å². The van der Waals surface area contributed by atoms with Gasteiger partial charge in [-0.1, -0.05) is 26.2 Å². The highest BCUT2D eigenvalue weighted by atomic mass is 16.4. The second kappa shape index (κ2) is 6.59. The van der Waals surface area contributed by atoms with Gasteiger partial charge in [0.2, 0.25) is 5.91 Å². The fraction of sp³-hybridized carbons (Fsp3) is 0.833. The minimum atomic E-state index is -0.983. The van der Waals surface area contributed by atoms with Crippen molar-refractivity contribution in [1.82, 2.24) is 5.32 Å². The molecule has 4 N–H and O–H groups in total. The van der Waals surface area contributed by atoms with E-state index in [1.54, 1.807) is 6.92 Å². The van der Waals surface area contributed by atoms with Crippen molar-refractivity contribution in [1.29, 1.82) is 0 Å². The molecule has 0 heterocycles. The second-order valence-corrected chi connectivity index (χ2v) is 4.72. The molecule has 1 rings (SSSR count). The van der Waals surface area contributed by atoms with Crippen LogP contribution in [0.1, 0.15) is 45.4 Å². The molecule has 1 amide bonds. The Hall–Kier alpha value is -1.10. The molecule has 3 atom stereocenters. The van der Waals surface area contributed by atoms with Gasteiger partial charge in [0.25, 0.3) is 0 Å². The third-order valence-corrected chi connectivity index (χ3v) is 3.43. The number of aliphatic carboxylic acids is 1. The van der Waals surface area contributed by atoms with Gasteiger partial charge in [-0.2, -0.15) is 0 Å². The lowest BCUT2D eigenvalue weighted by molar-refractivity contribution is -0.142. The van der Waals surface area contributed by atoms with E-state index in [2.05, 4.69) is 5.32 Å². The number of rotatable bonds is 4. The Bertz CT molecular complexity index is 281. The number of amides is 1. The van der Waals surface area contributed by atoms with E-state index in [9.17, 15) is 9.59 Å². The standard InChI is InChI=1S/C12H22N2O3/c1-2-10(12(16)17)14-11(15)8-6-4-3-5-7-9(8)13/h8-10H,2-7,13H2,1H3,(H,14,15)(H,16,17)/t8?,9?,10-/m1/s1. The van der Waals surface area contributed by atoms with Crippen molar-refractivity contribution in [2.75, 3.05) is 0 Å². The molecule has 0 aliphatic heterocycles. The molecule has 5 heteroatoms. The minimum Gasteiger partial charge on any atom is -0.480 e. The third kappa shape index (κ3) is 4.00. The first-order valence-electron chi connectivity index (χ1n) is 6.35. The van der Waals surface area contributed by atoms with Crippen molar-refractivity contribution in [3.8, 4) is 0 Å². The molecule has 2 unspecified atom stereocenters. The van der Waals surface area contributed by atoms with Crippen molar-refractivity contribution >= 4 is 11.9 Å². The van der Waals surface area contributed by atoms with E-state index in [4.69, 9.17) is 10.8 Å². The highest BCUT2D eigenvalue weighted by Crippen LogP contribution is 2.22. The average Bonchev–Trinajstić information content (AvgIpc) is 2.50. The summed E-state index contributed by atoms with van der Waals surface area (Å²) in [6.07, 6.45) is 5.17. The normalized spacial score (nSPS) is 26.9. The van der Waals surface area contributed by atoms with Gasteiger partial charge in [-0.3, -0.25) is 4.79 Å². The third-order valence-electron chi connectivity index (χ3n) is 3.43. The monoisotopic (exact) mass is 242 g/mol. The van der Waals surface area contributed by atoms with Crippen LogP contribution in [-0.2, 0) is 9.59 Å². The van der Waals surface area contributed by atoms with Gasteiger partial charge >= 0.3 is 5.97 Å². The summed E-state index contributed by atoms with van der Waals surface area (Å²) in [7, 11) is 0. The summed E-state index contributed by atoms with van der Waals surface area (Å²) >= 11 is 0. The molecule has 0 spiro atoms. The van der Waals surface area contributed by atoms with Gasteiger partial charge in [0.1, 0.15) is 6.04 Å². The Morgan fingerprint density at radius 3 is 2.59 bits per heavy atom. The Labute approximate surface area is 102 Å². The van der Waals surface area contributed by atoms with Gasteiger partial charge in [-0.15, -0.1) is 0 Å². The number of nitrogens with two attached hydrogens (primary N) is 1. The topological polar surface area (TPSA) is 92.4 Å². The maximum Gasteiger partial charge on any atom is 0.326 e. The Morgan fingerprint density at radius 2 is 2.00 bits per heavy atom. The fourth-order valence-electron chi connectivity index (χ4n) is 2.28. The Kier molecular flexibility index (Phi) is 5.41. The SMILES string of the molecule is CC[C@@H](NC(=O)C1CCCCCC1N)C(=O)O. The summed E-state index contributed by atoms with van der Waals surface area (Å²) < 4.78 is 0. The molecule has 0 aromatic heterocycles. The molecule has 1 fully saturated rings. The van der Waals surface area contributed by atoms with Gasteiger partial charge in [0, 0.05) is 6.04 Å². The largest absolute Gasteiger partial charge is 0.480 e. The summed E-state index contributed by atoms with van der Waals surface area (Å²) in [5.41, 5.74) is 5.96. The summed E-state index contributed by atoms with van der Waals surface area (Å²) in [6.45, 7) is 1.74. The zero-order valence-electron chi connectivity index (χ0n) is 10.3. The highest BCUT2D eigenvalue weighted by molar-refractivity contribution is 5.85. The molecule has 0 bridgehead atoms. The van der Waals surface area contributed by atoms with E-state index >= 15 is 0 Å². The summed E-state index contributed by atoms with van der Waals surface area (Å²) in [4.78, 5) is 22.8. The quantitative estimate of drug-likeness (QED) is 0.638. The average molecular weight is 242 g/mol. The van der Waals surface area contributed by atoms with Gasteiger partial charge < -0.3 is 16.2 Å². The number of carbonyl (C=O) groups is 2. The van der Waals surface area contributed by atoms with Crippen LogP contribution < -0.4 is 11.1 Å². The summed E-state index contributed by atoms with van der Waals surface area (Å²) in [6, 6.07) is -0.929. The molecule has 0 aromatic carbocycles. The molecular formula is C12H22N2O3. The first-order chi connectivity index (χ1) is 8.06. The van der Waals surface area contributed by atoms with Gasteiger partial charge in [0.05, 0.1) is 5.92 Å². The number of carboxylic acids is 1. The first kappa shape index (κ1) is 14.0. The zero-order chi connectivity index (χ0) is 12.8. The van der Waals surface area contributed by atoms with Crippen molar-refractivity contribution in [3.05, 3.63) is 0 Å². The molecule has 17 heavy (non-hydrogen) atoms. The van der Waals surface area contributed by atoms with E-state index in [0.717, 1.165) is 32.1 Å². The van der Waals surface area contributed by atoms with E-state index in [-0.39, 0.29) is 17.9 Å². The van der Waals surface area contributed by atoms with Crippen LogP contribution in [0.15, 0.2) is 0 Å². The number of carbonyl (C=O) groups excluding carboxylic acids is 1. The lowest BCUT2D eigenvalue weighted by Gasteiger charge is -2.22. The molecule has 1 saturated carbocycles. The number of hydrogen-bond donors (Lipinski definition) is 3. The van der Waals surface area contributed by atoms with Crippen molar-refractivity contribution in [3.63, 3.8) is 0 Å². The molecule has 0 aromatic rings. The van der Waals surface area contributed by atoms with E-state index < -0.39 is 12.0 Å². The Balaban J connectivity index is 2.58. The van der Waals surface area contributed by atoms with Crippen molar-refractivity contribution in [2.45, 2.75) is 57.5 Å². The molecular weight excluding hydrogens is 220 g/mol. The maximum atomic E-state index is 12.0. The zero-order valence-corrected chi connectivity index (χ0v) is 10.3. The Morgan fingerprint density at radius 1 is 1.35 bits per heavy atom. The van der Waals surface area contributed by atoms with Crippen LogP contribution in [0.5, 0.6) is 0 Å². The molecule has 0 saturated heterocycles. The minimum absolute atomic E-state index is 0.135. The molecule has 98 valence electrons. The van der Waals surface area contributed by atoms with E-state index in [1.165, 1.54) is 0 Å². The second-order valence-electron chi connectivity index (χ2n) is 4.72. The van der Waals surface area contributed by atoms with Crippen LogP contribution in [0, 0.1) is 5.92 Å². The molecule has 5 nitrogen and oxygen atoms in total. The van der Waals surface area contributed by atoms with Crippen LogP contribution in [0.4, 0.5) is 0 Å². The van der Waals surface area contributed by atoms with Gasteiger partial charge in [0.15, 0.2) is 0 Å². The smallest absolute Gasteiger partial charge is 0.326 e.